The van der Waals surface area contributed by atoms with Crippen LogP contribution in [0.1, 0.15) is 11.1 Å². The summed E-state index contributed by atoms with van der Waals surface area (Å²) in [5, 5.41) is 1.12. The fraction of sp³-hybridized carbons (Fsp3) is 0.417. The Labute approximate surface area is 111 Å². The minimum absolute atomic E-state index is 0.00620. The summed E-state index contributed by atoms with van der Waals surface area (Å²) < 4.78 is 0. The molecule has 5 heteroatoms. The second kappa shape index (κ2) is 4.75. The highest BCUT2D eigenvalue weighted by Crippen LogP contribution is 2.32. The Balaban J connectivity index is 2.29. The van der Waals surface area contributed by atoms with E-state index in [0.29, 0.717) is 16.6 Å². The van der Waals surface area contributed by atoms with E-state index in [0.717, 1.165) is 18.5 Å². The minimum Gasteiger partial charge on any atom is -0.331 e. The van der Waals surface area contributed by atoms with Crippen molar-refractivity contribution in [2.24, 2.45) is 0 Å². The Hall–Kier alpha value is -0.930. The molecule has 0 saturated carbocycles. The first-order valence-corrected chi connectivity index (χ1v) is 6.18. The molecule has 0 aliphatic carbocycles. The first kappa shape index (κ1) is 12.5. The van der Waals surface area contributed by atoms with Crippen LogP contribution < -0.4 is 0 Å². The van der Waals surface area contributed by atoms with Gasteiger partial charge in [0.15, 0.2) is 0 Å². The smallest absolute Gasteiger partial charge is 0.319 e. The lowest BCUT2D eigenvalue weighted by Gasteiger charge is -2.31. The summed E-state index contributed by atoms with van der Waals surface area (Å²) in [6.07, 6.45) is 0.825. The van der Waals surface area contributed by atoms with Gasteiger partial charge in [-0.25, -0.2) is 4.79 Å². The van der Waals surface area contributed by atoms with Crippen LogP contribution in [0.4, 0.5) is 4.79 Å². The van der Waals surface area contributed by atoms with E-state index in [1.165, 1.54) is 5.56 Å². The van der Waals surface area contributed by atoms with Crippen molar-refractivity contribution in [2.45, 2.75) is 13.0 Å². The third kappa shape index (κ3) is 2.35. The second-order valence-electron chi connectivity index (χ2n) is 4.35. The van der Waals surface area contributed by atoms with Gasteiger partial charge in [0.1, 0.15) is 0 Å². The molecule has 1 heterocycles. The van der Waals surface area contributed by atoms with Gasteiger partial charge in [-0.3, -0.25) is 0 Å². The van der Waals surface area contributed by atoms with E-state index < -0.39 is 0 Å². The molecule has 1 aliphatic rings. The molecule has 0 aromatic heterocycles. The fourth-order valence-electron chi connectivity index (χ4n) is 2.01. The summed E-state index contributed by atoms with van der Waals surface area (Å²) in [6.45, 7) is 1.26. The van der Waals surface area contributed by atoms with Crippen molar-refractivity contribution in [3.05, 3.63) is 33.3 Å². The Morgan fingerprint density at radius 2 is 2.06 bits per heavy atom. The Morgan fingerprint density at radius 1 is 1.35 bits per heavy atom. The Morgan fingerprint density at radius 3 is 2.71 bits per heavy atom. The first-order valence-electron chi connectivity index (χ1n) is 5.42. The summed E-state index contributed by atoms with van der Waals surface area (Å²) in [4.78, 5) is 15.2. The minimum atomic E-state index is 0.00620. The lowest BCUT2D eigenvalue weighted by atomic mass is 10.00. The number of amides is 2. The van der Waals surface area contributed by atoms with E-state index in [1.807, 2.05) is 12.1 Å². The summed E-state index contributed by atoms with van der Waals surface area (Å²) >= 11 is 12.2. The highest BCUT2D eigenvalue weighted by atomic mass is 35.5. The Kier molecular flexibility index (Phi) is 3.50. The molecule has 0 N–H and O–H groups in total. The highest BCUT2D eigenvalue weighted by Gasteiger charge is 2.24. The summed E-state index contributed by atoms with van der Waals surface area (Å²) in [6, 6.07) is 3.80. The maximum absolute atomic E-state index is 11.9. The molecule has 17 heavy (non-hydrogen) atoms. The number of hydrogen-bond acceptors (Lipinski definition) is 1. The number of fused-ring (bicyclic) bond motifs is 1. The van der Waals surface area contributed by atoms with Crippen LogP contribution in [0.2, 0.25) is 10.0 Å². The van der Waals surface area contributed by atoms with E-state index in [9.17, 15) is 4.79 Å². The molecule has 0 fully saturated rings. The van der Waals surface area contributed by atoms with Crippen LogP contribution in [0.25, 0.3) is 0 Å². The highest BCUT2D eigenvalue weighted by molar-refractivity contribution is 6.42. The van der Waals surface area contributed by atoms with Crippen molar-refractivity contribution >= 4 is 29.2 Å². The van der Waals surface area contributed by atoms with Gasteiger partial charge in [-0.15, -0.1) is 0 Å². The quantitative estimate of drug-likeness (QED) is 0.712. The van der Waals surface area contributed by atoms with Gasteiger partial charge in [0.2, 0.25) is 0 Å². The summed E-state index contributed by atoms with van der Waals surface area (Å²) in [7, 11) is 3.49. The average molecular weight is 273 g/mol. The predicted molar refractivity (Wildman–Crippen MR) is 69.7 cm³/mol. The third-order valence-corrected chi connectivity index (χ3v) is 3.79. The fourth-order valence-corrected chi connectivity index (χ4v) is 2.43. The van der Waals surface area contributed by atoms with E-state index in [2.05, 4.69) is 0 Å². The topological polar surface area (TPSA) is 23.6 Å². The molecule has 2 rings (SSSR count). The van der Waals surface area contributed by atoms with E-state index >= 15 is 0 Å². The number of halogens is 2. The lowest BCUT2D eigenvalue weighted by molar-refractivity contribution is 0.165. The van der Waals surface area contributed by atoms with Crippen LogP contribution in [0, 0.1) is 0 Å². The maximum Gasteiger partial charge on any atom is 0.319 e. The van der Waals surface area contributed by atoms with Crippen molar-refractivity contribution in [2.75, 3.05) is 20.6 Å². The SMILES string of the molecule is CN(C)C(=O)N1CCc2ccc(Cl)c(Cl)c2C1. The van der Waals surface area contributed by atoms with Crippen LogP contribution in [-0.2, 0) is 13.0 Å². The van der Waals surface area contributed by atoms with Gasteiger partial charge in [-0.2, -0.15) is 0 Å². The molecule has 3 nitrogen and oxygen atoms in total. The van der Waals surface area contributed by atoms with Crippen molar-refractivity contribution in [3.63, 3.8) is 0 Å². The number of benzene rings is 1. The zero-order valence-corrected chi connectivity index (χ0v) is 11.3. The summed E-state index contributed by atoms with van der Waals surface area (Å²) in [5.41, 5.74) is 2.16. The molecular formula is C12H14Cl2N2O. The van der Waals surface area contributed by atoms with Crippen molar-refractivity contribution in [1.29, 1.82) is 0 Å². The van der Waals surface area contributed by atoms with Crippen molar-refractivity contribution in [3.8, 4) is 0 Å². The molecule has 0 radical (unpaired) electrons. The molecule has 1 aromatic rings. The van der Waals surface area contributed by atoms with Crippen molar-refractivity contribution in [1.82, 2.24) is 9.80 Å². The molecular weight excluding hydrogens is 259 g/mol. The molecule has 0 bridgehead atoms. The van der Waals surface area contributed by atoms with Gasteiger partial charge in [0, 0.05) is 27.2 Å². The Bertz CT molecular complexity index is 460. The third-order valence-electron chi connectivity index (χ3n) is 2.95. The van der Waals surface area contributed by atoms with Crippen LogP contribution in [0.15, 0.2) is 12.1 Å². The van der Waals surface area contributed by atoms with Gasteiger partial charge < -0.3 is 9.80 Å². The molecule has 0 unspecified atom stereocenters. The molecule has 2 amide bonds. The van der Waals surface area contributed by atoms with Gasteiger partial charge in [-0.05, 0) is 23.6 Å². The van der Waals surface area contributed by atoms with Crippen LogP contribution in [-0.4, -0.2) is 36.5 Å². The molecule has 0 spiro atoms. The largest absolute Gasteiger partial charge is 0.331 e. The predicted octanol–water partition coefficient (Wildman–Crippen LogP) is 3.03. The monoisotopic (exact) mass is 272 g/mol. The zero-order chi connectivity index (χ0) is 12.6. The average Bonchev–Trinajstić information content (AvgIpc) is 2.32. The van der Waals surface area contributed by atoms with Crippen LogP contribution in [0.5, 0.6) is 0 Å². The van der Waals surface area contributed by atoms with E-state index in [1.54, 1.807) is 23.9 Å². The molecule has 1 aliphatic heterocycles. The van der Waals surface area contributed by atoms with E-state index in [-0.39, 0.29) is 6.03 Å². The number of urea groups is 1. The lowest BCUT2D eigenvalue weighted by Crippen LogP contribution is -2.42. The number of carbonyl (C=O) groups excluding carboxylic acids is 1. The standard InChI is InChI=1S/C12H14Cl2N2O/c1-15(2)12(17)16-6-5-8-3-4-10(13)11(14)9(8)7-16/h3-4H,5-7H2,1-2H3. The maximum atomic E-state index is 11.9. The number of rotatable bonds is 0. The van der Waals surface area contributed by atoms with Gasteiger partial charge in [0.25, 0.3) is 0 Å². The van der Waals surface area contributed by atoms with Crippen LogP contribution >= 0.6 is 23.2 Å². The van der Waals surface area contributed by atoms with Gasteiger partial charge >= 0.3 is 6.03 Å². The molecule has 0 saturated heterocycles. The van der Waals surface area contributed by atoms with E-state index in [4.69, 9.17) is 23.2 Å². The van der Waals surface area contributed by atoms with Gasteiger partial charge in [0.05, 0.1) is 10.0 Å². The normalized spacial score (nSPS) is 14.5. The molecule has 0 atom stereocenters. The summed E-state index contributed by atoms with van der Waals surface area (Å²) in [5.74, 6) is 0. The molecule has 1 aromatic carbocycles. The molecule has 92 valence electrons. The number of nitrogens with zero attached hydrogens (tertiary/aromatic N) is 2. The van der Waals surface area contributed by atoms with Crippen LogP contribution in [0.3, 0.4) is 0 Å². The second-order valence-corrected chi connectivity index (χ2v) is 5.13. The van der Waals surface area contributed by atoms with Crippen molar-refractivity contribution < 1.29 is 4.79 Å². The number of carbonyl (C=O) groups is 1. The van der Waals surface area contributed by atoms with Gasteiger partial charge in [-0.1, -0.05) is 29.3 Å². The first-order chi connectivity index (χ1) is 8.00. The zero-order valence-electron chi connectivity index (χ0n) is 9.83. The number of hydrogen-bond donors (Lipinski definition) is 0.